The monoisotopic (exact) mass is 195 g/mol. The van der Waals surface area contributed by atoms with Crippen LogP contribution >= 0.6 is 0 Å². The zero-order valence-electron chi connectivity index (χ0n) is 8.16. The minimum absolute atomic E-state index is 0.492. The molecule has 1 aromatic rings. The highest BCUT2D eigenvalue weighted by Crippen LogP contribution is 2.32. The summed E-state index contributed by atoms with van der Waals surface area (Å²) in [6.07, 6.45) is 0.379. The van der Waals surface area contributed by atoms with E-state index in [1.54, 1.807) is 7.11 Å². The molecular formula is C11H14FNO. The molecule has 2 atom stereocenters. The van der Waals surface area contributed by atoms with Crippen LogP contribution in [-0.2, 0) is 6.42 Å². The van der Waals surface area contributed by atoms with Crippen molar-refractivity contribution < 1.29 is 9.13 Å². The lowest BCUT2D eigenvalue weighted by atomic mass is 9.87. The standard InChI is InChI=1S/C11H14FNO/c1-14-8-4-2-7-3-5-10(12)11(13)9(7)6-8/h2,4,6,10-11H,3,5,13H2,1H3/t10-,11+/m1/s1. The average Bonchev–Trinajstić information content (AvgIpc) is 2.23. The Morgan fingerprint density at radius 2 is 2.29 bits per heavy atom. The fraction of sp³-hybridized carbons (Fsp3) is 0.455. The van der Waals surface area contributed by atoms with E-state index >= 15 is 0 Å². The number of ether oxygens (including phenoxy) is 1. The summed E-state index contributed by atoms with van der Waals surface area (Å²) >= 11 is 0. The molecule has 1 aliphatic carbocycles. The predicted octanol–water partition coefficient (Wildman–Crippen LogP) is 1.98. The van der Waals surface area contributed by atoms with Crippen molar-refractivity contribution in [1.82, 2.24) is 0 Å². The molecule has 0 bridgehead atoms. The Kier molecular flexibility index (Phi) is 2.42. The SMILES string of the molecule is COc1ccc2c(c1)[C@H](N)[C@H](F)CC2. The normalized spacial score (nSPS) is 25.6. The smallest absolute Gasteiger partial charge is 0.120 e. The van der Waals surface area contributed by atoms with Gasteiger partial charge in [-0.05, 0) is 36.1 Å². The second kappa shape index (κ2) is 3.58. The second-order valence-corrected chi connectivity index (χ2v) is 3.65. The lowest BCUT2D eigenvalue weighted by molar-refractivity contribution is 0.254. The summed E-state index contributed by atoms with van der Waals surface area (Å²) in [6.45, 7) is 0. The molecule has 0 heterocycles. The van der Waals surface area contributed by atoms with Crippen LogP contribution in [0.3, 0.4) is 0 Å². The topological polar surface area (TPSA) is 35.2 Å². The van der Waals surface area contributed by atoms with Gasteiger partial charge >= 0.3 is 0 Å². The Morgan fingerprint density at radius 1 is 1.50 bits per heavy atom. The first-order valence-corrected chi connectivity index (χ1v) is 4.79. The number of fused-ring (bicyclic) bond motifs is 1. The van der Waals surface area contributed by atoms with Gasteiger partial charge in [0.2, 0.25) is 0 Å². The van der Waals surface area contributed by atoms with E-state index in [4.69, 9.17) is 10.5 Å². The molecule has 2 N–H and O–H groups in total. The van der Waals surface area contributed by atoms with Gasteiger partial charge in [-0.1, -0.05) is 6.07 Å². The minimum atomic E-state index is -0.922. The van der Waals surface area contributed by atoms with E-state index in [9.17, 15) is 4.39 Å². The molecule has 2 rings (SSSR count). The molecule has 0 fully saturated rings. The maximum Gasteiger partial charge on any atom is 0.120 e. The van der Waals surface area contributed by atoms with Crippen LogP contribution in [0.4, 0.5) is 4.39 Å². The van der Waals surface area contributed by atoms with E-state index in [-0.39, 0.29) is 0 Å². The van der Waals surface area contributed by atoms with Crippen molar-refractivity contribution in [2.75, 3.05) is 7.11 Å². The molecule has 0 saturated heterocycles. The summed E-state index contributed by atoms with van der Waals surface area (Å²) in [6, 6.07) is 5.21. The first-order chi connectivity index (χ1) is 6.72. The van der Waals surface area contributed by atoms with Crippen LogP contribution in [0.25, 0.3) is 0 Å². The largest absolute Gasteiger partial charge is 0.497 e. The molecule has 2 nitrogen and oxygen atoms in total. The summed E-state index contributed by atoms with van der Waals surface area (Å²) in [5, 5.41) is 0. The number of hydrogen-bond acceptors (Lipinski definition) is 2. The fourth-order valence-electron chi connectivity index (χ4n) is 1.91. The van der Waals surface area contributed by atoms with Crippen molar-refractivity contribution in [2.45, 2.75) is 25.1 Å². The highest BCUT2D eigenvalue weighted by Gasteiger charge is 2.26. The van der Waals surface area contributed by atoms with Crippen LogP contribution in [0.15, 0.2) is 18.2 Å². The van der Waals surface area contributed by atoms with E-state index in [1.165, 1.54) is 0 Å². The van der Waals surface area contributed by atoms with Crippen molar-refractivity contribution in [1.29, 1.82) is 0 Å². The van der Waals surface area contributed by atoms with Crippen molar-refractivity contribution in [3.8, 4) is 5.75 Å². The zero-order chi connectivity index (χ0) is 10.1. The first kappa shape index (κ1) is 9.46. The molecule has 0 radical (unpaired) electrons. The number of aryl methyl sites for hydroxylation is 1. The predicted molar refractivity (Wildman–Crippen MR) is 53.1 cm³/mol. The Balaban J connectivity index is 2.41. The Hall–Kier alpha value is -1.09. The third-order valence-electron chi connectivity index (χ3n) is 2.79. The molecule has 0 spiro atoms. The summed E-state index contributed by atoms with van der Waals surface area (Å²) in [5.41, 5.74) is 7.82. The molecular weight excluding hydrogens is 181 g/mol. The highest BCUT2D eigenvalue weighted by molar-refractivity contribution is 5.39. The number of alkyl halides is 1. The van der Waals surface area contributed by atoms with Gasteiger partial charge < -0.3 is 10.5 Å². The van der Waals surface area contributed by atoms with E-state index in [0.29, 0.717) is 6.42 Å². The van der Waals surface area contributed by atoms with Crippen LogP contribution in [0, 0.1) is 0 Å². The van der Waals surface area contributed by atoms with Gasteiger partial charge in [0.25, 0.3) is 0 Å². The fourth-order valence-corrected chi connectivity index (χ4v) is 1.91. The quantitative estimate of drug-likeness (QED) is 0.743. The van der Waals surface area contributed by atoms with E-state index in [0.717, 1.165) is 23.3 Å². The number of hydrogen-bond donors (Lipinski definition) is 1. The van der Waals surface area contributed by atoms with Crippen molar-refractivity contribution in [2.24, 2.45) is 5.73 Å². The number of nitrogens with two attached hydrogens (primary N) is 1. The third kappa shape index (κ3) is 1.48. The van der Waals surface area contributed by atoms with Gasteiger partial charge in [0.15, 0.2) is 0 Å². The Morgan fingerprint density at radius 3 is 3.00 bits per heavy atom. The molecule has 1 aromatic carbocycles. The molecule has 14 heavy (non-hydrogen) atoms. The molecule has 0 saturated carbocycles. The van der Waals surface area contributed by atoms with Gasteiger partial charge in [0.1, 0.15) is 11.9 Å². The molecule has 1 aliphatic rings. The number of benzene rings is 1. The molecule has 0 unspecified atom stereocenters. The molecule has 3 heteroatoms. The summed E-state index contributed by atoms with van der Waals surface area (Å²) in [4.78, 5) is 0. The molecule has 0 amide bonds. The van der Waals surface area contributed by atoms with Crippen molar-refractivity contribution >= 4 is 0 Å². The molecule has 76 valence electrons. The van der Waals surface area contributed by atoms with Crippen LogP contribution in [0.5, 0.6) is 5.75 Å². The maximum atomic E-state index is 13.3. The molecule has 0 aliphatic heterocycles. The van der Waals surface area contributed by atoms with E-state index in [1.807, 2.05) is 18.2 Å². The maximum absolute atomic E-state index is 13.3. The number of halogens is 1. The van der Waals surface area contributed by atoms with Crippen molar-refractivity contribution in [3.63, 3.8) is 0 Å². The van der Waals surface area contributed by atoms with Gasteiger partial charge in [-0.15, -0.1) is 0 Å². The van der Waals surface area contributed by atoms with Crippen LogP contribution < -0.4 is 10.5 Å². The van der Waals surface area contributed by atoms with E-state index < -0.39 is 12.2 Å². The van der Waals surface area contributed by atoms with Crippen LogP contribution in [0.2, 0.25) is 0 Å². The van der Waals surface area contributed by atoms with Crippen LogP contribution in [0.1, 0.15) is 23.6 Å². The summed E-state index contributed by atoms with van der Waals surface area (Å²) < 4.78 is 18.4. The minimum Gasteiger partial charge on any atom is -0.497 e. The third-order valence-corrected chi connectivity index (χ3v) is 2.79. The van der Waals surface area contributed by atoms with Crippen molar-refractivity contribution in [3.05, 3.63) is 29.3 Å². The molecule has 0 aromatic heterocycles. The van der Waals surface area contributed by atoms with Gasteiger partial charge in [0.05, 0.1) is 13.2 Å². The Bertz CT molecular complexity index is 340. The summed E-state index contributed by atoms with van der Waals surface area (Å²) in [5.74, 6) is 0.744. The lowest BCUT2D eigenvalue weighted by Crippen LogP contribution is -2.28. The van der Waals surface area contributed by atoms with E-state index in [2.05, 4.69) is 0 Å². The number of rotatable bonds is 1. The van der Waals surface area contributed by atoms with Gasteiger partial charge in [-0.25, -0.2) is 4.39 Å². The Labute approximate surface area is 82.9 Å². The van der Waals surface area contributed by atoms with Gasteiger partial charge in [0, 0.05) is 0 Å². The van der Waals surface area contributed by atoms with Gasteiger partial charge in [-0.2, -0.15) is 0 Å². The van der Waals surface area contributed by atoms with Gasteiger partial charge in [-0.3, -0.25) is 0 Å². The summed E-state index contributed by atoms with van der Waals surface area (Å²) in [7, 11) is 1.60. The number of methoxy groups -OCH3 is 1. The average molecular weight is 195 g/mol. The highest BCUT2D eigenvalue weighted by atomic mass is 19.1. The zero-order valence-corrected chi connectivity index (χ0v) is 8.16. The lowest BCUT2D eigenvalue weighted by Gasteiger charge is -2.26. The second-order valence-electron chi connectivity index (χ2n) is 3.65. The van der Waals surface area contributed by atoms with Crippen LogP contribution in [-0.4, -0.2) is 13.3 Å². The first-order valence-electron chi connectivity index (χ1n) is 4.79.